The van der Waals surface area contributed by atoms with Crippen LogP contribution in [0.1, 0.15) is 5.56 Å². The predicted octanol–water partition coefficient (Wildman–Crippen LogP) is 16.8. The summed E-state index contributed by atoms with van der Waals surface area (Å²) in [6, 6.07) is 86.8. The first-order chi connectivity index (χ1) is 30.2. The van der Waals surface area contributed by atoms with Crippen molar-refractivity contribution in [2.45, 2.75) is 6.92 Å². The lowest BCUT2D eigenvalue weighted by Crippen LogP contribution is -2.10. The summed E-state index contributed by atoms with van der Waals surface area (Å²) in [4.78, 5) is 2.40. The van der Waals surface area contributed by atoms with Crippen molar-refractivity contribution >= 4 is 71.5 Å². The lowest BCUT2D eigenvalue weighted by atomic mass is 9.85. The van der Waals surface area contributed by atoms with Crippen molar-refractivity contribution in [3.8, 4) is 22.3 Å². The minimum Gasteiger partial charge on any atom is -0.356 e. The van der Waals surface area contributed by atoms with Gasteiger partial charge in [-0.05, 0) is 121 Å². The SMILES string of the molecule is Cc1ccc(-c2c3ccc(Nc4ccccc4)cc3c(-c3ccccc3)c3ccc(N(c4ccccc4)c4cccc5ccccc45)cc23)cc1.c1ccc2ccccc2c1. The van der Waals surface area contributed by atoms with E-state index in [1.165, 1.54) is 70.9 Å². The van der Waals surface area contributed by atoms with Crippen LogP contribution in [0.15, 0.2) is 243 Å². The molecule has 0 radical (unpaired) electrons. The van der Waals surface area contributed by atoms with Gasteiger partial charge < -0.3 is 10.2 Å². The van der Waals surface area contributed by atoms with Crippen LogP contribution in [0.25, 0.3) is 65.3 Å². The van der Waals surface area contributed by atoms with Crippen LogP contribution in [0.3, 0.4) is 0 Å². The number of hydrogen-bond acceptors (Lipinski definition) is 2. The predicted molar refractivity (Wildman–Crippen MR) is 263 cm³/mol. The summed E-state index contributed by atoms with van der Waals surface area (Å²) < 4.78 is 0. The van der Waals surface area contributed by atoms with Gasteiger partial charge in [0.15, 0.2) is 0 Å². The molecule has 0 aliphatic heterocycles. The lowest BCUT2D eigenvalue weighted by Gasteiger charge is -2.28. The fourth-order valence-electron chi connectivity index (χ4n) is 8.61. The van der Waals surface area contributed by atoms with Gasteiger partial charge in [-0.1, -0.05) is 194 Å². The average Bonchev–Trinajstić information content (AvgIpc) is 3.32. The molecule has 0 saturated carbocycles. The normalized spacial score (nSPS) is 11.0. The van der Waals surface area contributed by atoms with Crippen molar-refractivity contribution in [1.29, 1.82) is 0 Å². The lowest BCUT2D eigenvalue weighted by molar-refractivity contribution is 1.30. The topological polar surface area (TPSA) is 15.3 Å². The zero-order valence-corrected chi connectivity index (χ0v) is 34.0. The number of para-hydroxylation sites is 2. The molecule has 0 amide bonds. The number of benzene rings is 11. The molecule has 0 aromatic heterocycles. The molecule has 0 unspecified atom stereocenters. The number of anilines is 5. The smallest absolute Gasteiger partial charge is 0.0540 e. The quantitative estimate of drug-likeness (QED) is 0.162. The Morgan fingerprint density at radius 3 is 1.48 bits per heavy atom. The number of aryl methyl sites for hydroxylation is 1. The summed E-state index contributed by atoms with van der Waals surface area (Å²) in [5.41, 5.74) is 11.6. The first-order valence-electron chi connectivity index (χ1n) is 20.9. The minimum atomic E-state index is 1.06. The molecule has 11 aromatic carbocycles. The maximum absolute atomic E-state index is 3.66. The molecule has 0 atom stereocenters. The van der Waals surface area contributed by atoms with Gasteiger partial charge in [-0.15, -0.1) is 0 Å². The molecular formula is C59H44N2. The van der Waals surface area contributed by atoms with Gasteiger partial charge in [-0.2, -0.15) is 0 Å². The Kier molecular flexibility index (Phi) is 10.2. The third-order valence-corrected chi connectivity index (χ3v) is 11.5. The van der Waals surface area contributed by atoms with Gasteiger partial charge in [0.05, 0.1) is 5.69 Å². The molecule has 0 aliphatic rings. The molecule has 290 valence electrons. The van der Waals surface area contributed by atoms with Gasteiger partial charge in [0.1, 0.15) is 0 Å². The second-order valence-corrected chi connectivity index (χ2v) is 15.5. The van der Waals surface area contributed by atoms with E-state index >= 15 is 0 Å². The van der Waals surface area contributed by atoms with Crippen LogP contribution in [0.5, 0.6) is 0 Å². The Labute approximate surface area is 357 Å². The molecule has 0 fully saturated rings. The molecule has 0 heterocycles. The third kappa shape index (κ3) is 7.60. The molecule has 0 saturated heterocycles. The molecule has 0 spiro atoms. The standard InChI is InChI=1S/C49H36N2.C10H8/c1-34-24-26-37(27-25-34)49-43-30-28-39(50-38-18-7-3-8-19-38)32-45(43)48(36-15-5-2-6-16-36)44-31-29-41(33-46(44)49)51(40-20-9-4-10-21-40)47-23-13-17-35-14-11-12-22-42(35)47;1-2-6-10-8-4-3-7-9(10)5-1/h2-33,50H,1H3;1-8H. The zero-order chi connectivity index (χ0) is 41.0. The van der Waals surface area contributed by atoms with E-state index in [0.717, 1.165) is 28.4 Å². The number of nitrogens with zero attached hydrogens (tertiary/aromatic N) is 1. The molecule has 61 heavy (non-hydrogen) atoms. The van der Waals surface area contributed by atoms with E-state index in [2.05, 4.69) is 254 Å². The highest BCUT2D eigenvalue weighted by molar-refractivity contribution is 6.22. The van der Waals surface area contributed by atoms with Gasteiger partial charge in [0.25, 0.3) is 0 Å². The first kappa shape index (κ1) is 37.3. The maximum Gasteiger partial charge on any atom is 0.0540 e. The van der Waals surface area contributed by atoms with E-state index in [1.807, 2.05) is 6.07 Å². The Morgan fingerprint density at radius 2 is 0.820 bits per heavy atom. The summed E-state index contributed by atoms with van der Waals surface area (Å²) in [6.45, 7) is 2.15. The van der Waals surface area contributed by atoms with E-state index in [9.17, 15) is 0 Å². The summed E-state index contributed by atoms with van der Waals surface area (Å²) in [5.74, 6) is 0. The van der Waals surface area contributed by atoms with E-state index in [-0.39, 0.29) is 0 Å². The molecule has 11 aromatic rings. The number of nitrogens with one attached hydrogen (secondary N) is 1. The second-order valence-electron chi connectivity index (χ2n) is 15.5. The molecular weight excluding hydrogens is 737 g/mol. The van der Waals surface area contributed by atoms with Crippen molar-refractivity contribution in [2.75, 3.05) is 10.2 Å². The Hall–Kier alpha value is -7.94. The van der Waals surface area contributed by atoms with Crippen LogP contribution in [0.4, 0.5) is 28.4 Å². The highest BCUT2D eigenvalue weighted by atomic mass is 15.1. The van der Waals surface area contributed by atoms with E-state index in [4.69, 9.17) is 0 Å². The van der Waals surface area contributed by atoms with Crippen LogP contribution in [0, 0.1) is 6.92 Å². The van der Waals surface area contributed by atoms with Gasteiger partial charge in [-0.25, -0.2) is 0 Å². The summed E-state index contributed by atoms with van der Waals surface area (Å²) in [7, 11) is 0. The van der Waals surface area contributed by atoms with Crippen molar-refractivity contribution in [2.24, 2.45) is 0 Å². The molecule has 2 heteroatoms. The monoisotopic (exact) mass is 780 g/mol. The first-order valence-corrected chi connectivity index (χ1v) is 20.9. The van der Waals surface area contributed by atoms with E-state index in [1.54, 1.807) is 0 Å². The molecule has 2 nitrogen and oxygen atoms in total. The van der Waals surface area contributed by atoms with Gasteiger partial charge in [0.2, 0.25) is 0 Å². The Balaban J connectivity index is 0.000000389. The molecule has 0 bridgehead atoms. The van der Waals surface area contributed by atoms with Gasteiger partial charge in [0, 0.05) is 28.1 Å². The van der Waals surface area contributed by atoms with Crippen molar-refractivity contribution in [1.82, 2.24) is 0 Å². The van der Waals surface area contributed by atoms with Gasteiger partial charge >= 0.3 is 0 Å². The van der Waals surface area contributed by atoms with Crippen LogP contribution < -0.4 is 10.2 Å². The summed E-state index contributed by atoms with van der Waals surface area (Å²) >= 11 is 0. The highest BCUT2D eigenvalue weighted by Gasteiger charge is 2.21. The van der Waals surface area contributed by atoms with Crippen LogP contribution in [-0.2, 0) is 0 Å². The fraction of sp³-hybridized carbons (Fsp3) is 0.0169. The fourth-order valence-corrected chi connectivity index (χ4v) is 8.61. The highest BCUT2D eigenvalue weighted by Crippen LogP contribution is 2.47. The van der Waals surface area contributed by atoms with Crippen LogP contribution in [-0.4, -0.2) is 0 Å². The minimum absolute atomic E-state index is 1.06. The number of fused-ring (bicyclic) bond motifs is 4. The van der Waals surface area contributed by atoms with Gasteiger partial charge in [-0.3, -0.25) is 0 Å². The van der Waals surface area contributed by atoms with E-state index in [0.29, 0.717) is 0 Å². The average molecular weight is 781 g/mol. The summed E-state index contributed by atoms with van der Waals surface area (Å²) in [6.07, 6.45) is 0. The Bertz CT molecular complexity index is 3200. The largest absolute Gasteiger partial charge is 0.356 e. The van der Waals surface area contributed by atoms with Crippen molar-refractivity contribution in [3.63, 3.8) is 0 Å². The second kappa shape index (κ2) is 16.7. The number of hydrogen-bond donors (Lipinski definition) is 1. The van der Waals surface area contributed by atoms with Crippen molar-refractivity contribution in [3.05, 3.63) is 248 Å². The van der Waals surface area contributed by atoms with Crippen molar-refractivity contribution < 1.29 is 0 Å². The third-order valence-electron chi connectivity index (χ3n) is 11.5. The number of rotatable bonds is 7. The molecule has 1 N–H and O–H groups in total. The van der Waals surface area contributed by atoms with E-state index < -0.39 is 0 Å². The summed E-state index contributed by atoms with van der Waals surface area (Å²) in [5, 5.41) is 13.6. The molecule has 11 rings (SSSR count). The maximum atomic E-state index is 3.66. The molecule has 0 aliphatic carbocycles. The van der Waals surface area contributed by atoms with Crippen LogP contribution >= 0.6 is 0 Å². The van der Waals surface area contributed by atoms with Crippen LogP contribution in [0.2, 0.25) is 0 Å². The Morgan fingerprint density at radius 1 is 0.311 bits per heavy atom. The zero-order valence-electron chi connectivity index (χ0n) is 34.0.